The third-order valence-electron chi connectivity index (χ3n) is 7.78. The molecule has 212 valence electrons. The van der Waals surface area contributed by atoms with E-state index in [4.69, 9.17) is 24.4 Å². The van der Waals surface area contributed by atoms with Crippen molar-refractivity contribution in [3.05, 3.63) is 58.8 Å². The number of pyridine rings is 1. The molecule has 39 heavy (non-hydrogen) atoms. The second kappa shape index (κ2) is 15.0. The lowest BCUT2D eigenvalue weighted by Gasteiger charge is -2.28. The molecule has 3 N–H and O–H groups in total. The third-order valence-corrected chi connectivity index (χ3v) is 7.78. The molecule has 0 radical (unpaired) electrons. The lowest BCUT2D eigenvalue weighted by Crippen LogP contribution is -2.34. The van der Waals surface area contributed by atoms with Crippen LogP contribution < -0.4 is 5.32 Å². The molecule has 1 unspecified atom stereocenters. The Balaban J connectivity index is 0.00000112. The number of benzene rings is 1. The third kappa shape index (κ3) is 8.24. The van der Waals surface area contributed by atoms with Crippen molar-refractivity contribution in [3.63, 3.8) is 0 Å². The minimum Gasteiger partial charge on any atom is -0.483 e. The molecule has 2 fully saturated rings. The van der Waals surface area contributed by atoms with Crippen molar-refractivity contribution in [1.29, 1.82) is 0 Å². The zero-order chi connectivity index (χ0) is 27.5. The number of hydrogen-bond donors (Lipinski definition) is 3. The van der Waals surface area contributed by atoms with Crippen molar-refractivity contribution in [1.82, 2.24) is 9.88 Å². The normalized spacial score (nSPS) is 19.6. The van der Waals surface area contributed by atoms with Crippen LogP contribution in [-0.2, 0) is 38.5 Å². The molecule has 0 spiro atoms. The molecule has 5 rings (SSSR count). The van der Waals surface area contributed by atoms with E-state index in [-0.39, 0.29) is 12.6 Å². The summed E-state index contributed by atoms with van der Waals surface area (Å²) in [5.74, 6) is 0.254. The number of aliphatic carboxylic acids is 1. The fraction of sp³-hybridized carbons (Fsp3) is 0.567. The lowest BCUT2D eigenvalue weighted by atomic mass is 9.95. The summed E-state index contributed by atoms with van der Waals surface area (Å²) in [5, 5.41) is 20.4. The SMILES string of the molecule is O=C(O)C(c1ccccc1COC1CCC1)N1CC[C@@H](OCCCCc2ccc3c(n2)NCCC3)C1.O=CO. The average Bonchev–Trinajstić information content (AvgIpc) is 3.37. The number of ether oxygens (including phenoxy) is 2. The van der Waals surface area contributed by atoms with Gasteiger partial charge in [0.15, 0.2) is 0 Å². The molecular formula is C30H41N3O6. The first-order valence-corrected chi connectivity index (χ1v) is 14.2. The lowest BCUT2D eigenvalue weighted by molar-refractivity contribution is -0.143. The first kappa shape index (κ1) is 29.0. The van der Waals surface area contributed by atoms with Crippen LogP contribution in [0.4, 0.5) is 5.82 Å². The van der Waals surface area contributed by atoms with Gasteiger partial charge in [-0.15, -0.1) is 0 Å². The Morgan fingerprint density at radius 1 is 1.10 bits per heavy atom. The number of carbonyl (C=O) groups is 2. The van der Waals surface area contributed by atoms with E-state index in [0.717, 1.165) is 80.7 Å². The van der Waals surface area contributed by atoms with E-state index in [1.165, 1.54) is 18.4 Å². The number of likely N-dealkylation sites (tertiary alicyclic amines) is 1. The standard InChI is InChI=1S/C29H39N3O4.CH2O2/c33-29(34)27(26-12-2-1-7-22(26)20-36-24-10-5-11-24)32-17-15-25(19-32)35-18-4-3-9-23-14-13-21-8-6-16-30-28(21)31-23;2-1-3/h1-2,7,12-14,24-25,27H,3-6,8-11,15-20H2,(H,30,31)(H,33,34);1H,(H,2,3)/t25-,27?;/m1./s1. The van der Waals surface area contributed by atoms with E-state index >= 15 is 0 Å². The summed E-state index contributed by atoms with van der Waals surface area (Å²) in [7, 11) is 0. The molecule has 0 bridgehead atoms. The predicted molar refractivity (Wildman–Crippen MR) is 148 cm³/mol. The van der Waals surface area contributed by atoms with Crippen molar-refractivity contribution in [3.8, 4) is 0 Å². The summed E-state index contributed by atoms with van der Waals surface area (Å²) in [6, 6.07) is 11.5. The first-order valence-electron chi connectivity index (χ1n) is 14.2. The van der Waals surface area contributed by atoms with Crippen LogP contribution in [0.2, 0.25) is 0 Å². The molecule has 9 nitrogen and oxygen atoms in total. The van der Waals surface area contributed by atoms with Gasteiger partial charge in [-0.3, -0.25) is 14.5 Å². The number of fused-ring (bicyclic) bond motifs is 1. The number of nitrogens with zero attached hydrogens (tertiary/aromatic N) is 2. The number of nitrogens with one attached hydrogen (secondary N) is 1. The van der Waals surface area contributed by atoms with E-state index in [2.05, 4.69) is 22.3 Å². The minimum absolute atomic E-state index is 0.0799. The number of carboxylic acids is 1. The van der Waals surface area contributed by atoms with Crippen LogP contribution in [0.3, 0.4) is 0 Å². The maximum Gasteiger partial charge on any atom is 0.325 e. The molecule has 2 aliphatic heterocycles. The molecule has 1 aromatic heterocycles. The number of rotatable bonds is 12. The van der Waals surface area contributed by atoms with Crippen molar-refractivity contribution < 1.29 is 29.3 Å². The van der Waals surface area contributed by atoms with Crippen molar-refractivity contribution >= 4 is 18.3 Å². The summed E-state index contributed by atoms with van der Waals surface area (Å²) in [4.78, 5) is 27.5. The number of hydrogen-bond acceptors (Lipinski definition) is 7. The van der Waals surface area contributed by atoms with Gasteiger partial charge in [0.1, 0.15) is 11.9 Å². The van der Waals surface area contributed by atoms with Crippen LogP contribution in [0.25, 0.3) is 0 Å². The van der Waals surface area contributed by atoms with Gasteiger partial charge in [-0.2, -0.15) is 0 Å². The highest BCUT2D eigenvalue weighted by molar-refractivity contribution is 5.76. The van der Waals surface area contributed by atoms with Gasteiger partial charge in [0.05, 0.1) is 18.8 Å². The van der Waals surface area contributed by atoms with Crippen LogP contribution in [0.5, 0.6) is 0 Å². The van der Waals surface area contributed by atoms with E-state index in [1.54, 1.807) is 0 Å². The molecule has 3 aliphatic rings. The van der Waals surface area contributed by atoms with E-state index in [1.807, 2.05) is 24.3 Å². The molecule has 1 saturated heterocycles. The van der Waals surface area contributed by atoms with Gasteiger partial charge < -0.3 is 25.0 Å². The van der Waals surface area contributed by atoms with Crippen molar-refractivity contribution in [2.45, 2.75) is 82.6 Å². The summed E-state index contributed by atoms with van der Waals surface area (Å²) in [6.07, 6.45) is 9.97. The Hall–Kier alpha value is -3.01. The Morgan fingerprint density at radius 2 is 1.92 bits per heavy atom. The van der Waals surface area contributed by atoms with Gasteiger partial charge >= 0.3 is 5.97 Å². The summed E-state index contributed by atoms with van der Waals surface area (Å²) in [5.41, 5.74) is 4.29. The molecule has 1 saturated carbocycles. The largest absolute Gasteiger partial charge is 0.483 e. The van der Waals surface area contributed by atoms with Gasteiger partial charge in [0, 0.05) is 31.9 Å². The highest BCUT2D eigenvalue weighted by Crippen LogP contribution is 2.31. The molecule has 2 aromatic rings. The Bertz CT molecular complexity index is 1080. The van der Waals surface area contributed by atoms with Crippen LogP contribution in [0.1, 0.15) is 73.4 Å². The zero-order valence-electron chi connectivity index (χ0n) is 22.6. The summed E-state index contributed by atoms with van der Waals surface area (Å²) >= 11 is 0. The van der Waals surface area contributed by atoms with Gasteiger partial charge in [-0.25, -0.2) is 4.98 Å². The highest BCUT2D eigenvalue weighted by Gasteiger charge is 2.35. The Labute approximate surface area is 230 Å². The Morgan fingerprint density at radius 3 is 2.69 bits per heavy atom. The van der Waals surface area contributed by atoms with Crippen LogP contribution in [-0.4, -0.2) is 71.0 Å². The van der Waals surface area contributed by atoms with Gasteiger partial charge in [0.2, 0.25) is 0 Å². The fourth-order valence-corrected chi connectivity index (χ4v) is 5.45. The van der Waals surface area contributed by atoms with Crippen LogP contribution in [0.15, 0.2) is 36.4 Å². The van der Waals surface area contributed by atoms with E-state index in [9.17, 15) is 9.90 Å². The minimum atomic E-state index is -0.807. The molecule has 2 atom stereocenters. The van der Waals surface area contributed by atoms with Gasteiger partial charge in [0.25, 0.3) is 6.47 Å². The summed E-state index contributed by atoms with van der Waals surface area (Å²) < 4.78 is 12.2. The molecule has 1 aromatic carbocycles. The van der Waals surface area contributed by atoms with E-state index < -0.39 is 12.0 Å². The van der Waals surface area contributed by atoms with Gasteiger partial charge in [-0.05, 0) is 80.5 Å². The topological polar surface area (TPSA) is 121 Å². The quantitative estimate of drug-likeness (QED) is 0.265. The van der Waals surface area contributed by atoms with Crippen molar-refractivity contribution in [2.24, 2.45) is 0 Å². The van der Waals surface area contributed by atoms with Crippen LogP contribution in [0, 0.1) is 0 Å². The highest BCUT2D eigenvalue weighted by atomic mass is 16.5. The number of unbranched alkanes of at least 4 members (excludes halogenated alkanes) is 1. The second-order valence-electron chi connectivity index (χ2n) is 10.5. The van der Waals surface area contributed by atoms with Crippen molar-refractivity contribution in [2.75, 3.05) is 31.6 Å². The number of anilines is 1. The smallest absolute Gasteiger partial charge is 0.325 e. The fourth-order valence-electron chi connectivity index (χ4n) is 5.45. The summed E-state index contributed by atoms with van der Waals surface area (Å²) in [6.45, 7) is 3.31. The number of aromatic nitrogens is 1. The monoisotopic (exact) mass is 539 g/mol. The Kier molecular flexibility index (Phi) is 11.1. The number of carboxylic acid groups (broad SMARTS) is 2. The average molecular weight is 540 g/mol. The second-order valence-corrected chi connectivity index (χ2v) is 10.5. The van der Waals surface area contributed by atoms with E-state index in [0.29, 0.717) is 25.9 Å². The maximum absolute atomic E-state index is 12.3. The number of aryl methyl sites for hydroxylation is 2. The maximum atomic E-state index is 12.3. The van der Waals surface area contributed by atoms with Crippen LogP contribution >= 0.6 is 0 Å². The molecule has 1 aliphatic carbocycles. The molecule has 3 heterocycles. The molecule has 9 heteroatoms. The molecular weight excluding hydrogens is 498 g/mol. The zero-order valence-corrected chi connectivity index (χ0v) is 22.6. The molecule has 0 amide bonds. The van der Waals surface area contributed by atoms with Gasteiger partial charge in [-0.1, -0.05) is 30.3 Å². The predicted octanol–water partition coefficient (Wildman–Crippen LogP) is 4.45. The first-order chi connectivity index (χ1) is 19.1.